The van der Waals surface area contributed by atoms with Gasteiger partial charge in [0.25, 0.3) is 0 Å². The van der Waals surface area contributed by atoms with Crippen LogP contribution in [0.15, 0.2) is 0 Å². The van der Waals surface area contributed by atoms with Crippen LogP contribution in [0.3, 0.4) is 0 Å². The molecule has 0 aromatic heterocycles. The summed E-state index contributed by atoms with van der Waals surface area (Å²) >= 11 is 0. The summed E-state index contributed by atoms with van der Waals surface area (Å²) in [5.74, 6) is 0.411. The van der Waals surface area contributed by atoms with Gasteiger partial charge in [-0.05, 0) is 37.0 Å². The SMILES string of the molecule is CC(C)C[C@H](CNC(=O)C(C)C1CC1)CC(=O)O. The standard InChI is InChI=1S/C14H25NO3/c1-9(2)6-11(7-13(16)17)8-15-14(18)10(3)12-4-5-12/h9-12H,4-8H2,1-3H3,(H,15,18)(H,16,17)/t10?,11-/m0/s1. The molecule has 4 heteroatoms. The highest BCUT2D eigenvalue weighted by Gasteiger charge is 2.32. The van der Waals surface area contributed by atoms with Crippen molar-refractivity contribution in [1.29, 1.82) is 0 Å². The van der Waals surface area contributed by atoms with Crippen molar-refractivity contribution < 1.29 is 14.7 Å². The molecule has 0 aromatic carbocycles. The summed E-state index contributed by atoms with van der Waals surface area (Å²) in [6, 6.07) is 0. The molecule has 0 bridgehead atoms. The van der Waals surface area contributed by atoms with Gasteiger partial charge in [-0.25, -0.2) is 0 Å². The van der Waals surface area contributed by atoms with Crippen molar-refractivity contribution in [3.05, 3.63) is 0 Å². The van der Waals surface area contributed by atoms with E-state index in [1.165, 1.54) is 0 Å². The molecule has 0 aromatic rings. The Balaban J connectivity index is 2.34. The molecule has 2 N–H and O–H groups in total. The average molecular weight is 255 g/mol. The molecule has 1 fully saturated rings. The normalized spacial score (nSPS) is 18.4. The lowest BCUT2D eigenvalue weighted by Gasteiger charge is -2.19. The third-order valence-corrected chi connectivity index (χ3v) is 3.58. The molecule has 0 radical (unpaired) electrons. The lowest BCUT2D eigenvalue weighted by Crippen LogP contribution is -2.35. The number of carboxylic acid groups (broad SMARTS) is 1. The number of carbonyl (C=O) groups excluding carboxylic acids is 1. The van der Waals surface area contributed by atoms with E-state index in [4.69, 9.17) is 5.11 Å². The fourth-order valence-electron chi connectivity index (χ4n) is 2.37. The predicted molar refractivity (Wildman–Crippen MR) is 70.1 cm³/mol. The van der Waals surface area contributed by atoms with Gasteiger partial charge in [0.2, 0.25) is 5.91 Å². The summed E-state index contributed by atoms with van der Waals surface area (Å²) in [4.78, 5) is 22.6. The first-order chi connectivity index (χ1) is 8.40. The first-order valence-electron chi connectivity index (χ1n) is 6.89. The maximum atomic E-state index is 11.8. The largest absolute Gasteiger partial charge is 0.481 e. The number of hydrogen-bond acceptors (Lipinski definition) is 2. The van der Waals surface area contributed by atoms with Gasteiger partial charge >= 0.3 is 5.97 Å². The number of nitrogens with one attached hydrogen (secondary N) is 1. The second-order valence-electron chi connectivity index (χ2n) is 5.96. The van der Waals surface area contributed by atoms with Crippen LogP contribution in [-0.4, -0.2) is 23.5 Å². The second-order valence-corrected chi connectivity index (χ2v) is 5.96. The maximum Gasteiger partial charge on any atom is 0.303 e. The van der Waals surface area contributed by atoms with Crippen molar-refractivity contribution in [2.45, 2.75) is 46.5 Å². The van der Waals surface area contributed by atoms with Gasteiger partial charge in [0.15, 0.2) is 0 Å². The Bertz CT molecular complexity index is 297. The minimum absolute atomic E-state index is 0.0397. The highest BCUT2D eigenvalue weighted by molar-refractivity contribution is 5.79. The quantitative estimate of drug-likeness (QED) is 0.699. The molecule has 104 valence electrons. The molecule has 0 heterocycles. The van der Waals surface area contributed by atoms with Crippen LogP contribution < -0.4 is 5.32 Å². The van der Waals surface area contributed by atoms with E-state index >= 15 is 0 Å². The first-order valence-corrected chi connectivity index (χ1v) is 6.89. The van der Waals surface area contributed by atoms with Gasteiger partial charge < -0.3 is 10.4 Å². The zero-order valence-electron chi connectivity index (χ0n) is 11.6. The minimum Gasteiger partial charge on any atom is -0.481 e. The third kappa shape index (κ3) is 5.52. The molecular formula is C14H25NO3. The Morgan fingerprint density at radius 1 is 1.28 bits per heavy atom. The number of carboxylic acids is 1. The lowest BCUT2D eigenvalue weighted by atomic mass is 9.94. The number of hydrogen-bond donors (Lipinski definition) is 2. The van der Waals surface area contributed by atoms with E-state index in [9.17, 15) is 9.59 Å². The monoisotopic (exact) mass is 255 g/mol. The highest BCUT2D eigenvalue weighted by Crippen LogP contribution is 2.36. The molecule has 0 saturated heterocycles. The topological polar surface area (TPSA) is 66.4 Å². The second kappa shape index (κ2) is 6.76. The van der Waals surface area contributed by atoms with Gasteiger partial charge in [0.1, 0.15) is 0 Å². The van der Waals surface area contributed by atoms with Gasteiger partial charge in [0, 0.05) is 18.9 Å². The van der Waals surface area contributed by atoms with Crippen LogP contribution in [0.1, 0.15) is 46.5 Å². The van der Waals surface area contributed by atoms with E-state index in [1.807, 2.05) is 6.92 Å². The van der Waals surface area contributed by atoms with Crippen LogP contribution in [0.4, 0.5) is 0 Å². The molecule has 1 saturated carbocycles. The molecule has 1 amide bonds. The van der Waals surface area contributed by atoms with Crippen LogP contribution in [0.5, 0.6) is 0 Å². The number of rotatable bonds is 8. The molecular weight excluding hydrogens is 230 g/mol. The van der Waals surface area contributed by atoms with Crippen LogP contribution >= 0.6 is 0 Å². The van der Waals surface area contributed by atoms with E-state index in [0.29, 0.717) is 18.4 Å². The minimum atomic E-state index is -0.787. The lowest BCUT2D eigenvalue weighted by molar-refractivity contribution is -0.138. The van der Waals surface area contributed by atoms with E-state index in [-0.39, 0.29) is 24.2 Å². The Hall–Kier alpha value is -1.06. The third-order valence-electron chi connectivity index (χ3n) is 3.58. The smallest absolute Gasteiger partial charge is 0.303 e. The van der Waals surface area contributed by atoms with Gasteiger partial charge in [-0.2, -0.15) is 0 Å². The molecule has 4 nitrogen and oxygen atoms in total. The average Bonchev–Trinajstić information content (AvgIpc) is 3.06. The molecule has 1 aliphatic carbocycles. The Kier molecular flexibility index (Phi) is 5.63. The summed E-state index contributed by atoms with van der Waals surface area (Å²) < 4.78 is 0. The zero-order valence-corrected chi connectivity index (χ0v) is 11.6. The number of amides is 1. The molecule has 2 atom stereocenters. The maximum absolute atomic E-state index is 11.8. The molecule has 1 unspecified atom stereocenters. The predicted octanol–water partition coefficient (Wildman–Crippen LogP) is 2.29. The number of aliphatic carboxylic acids is 1. The summed E-state index contributed by atoms with van der Waals surface area (Å²) in [5, 5.41) is 11.8. The van der Waals surface area contributed by atoms with Crippen molar-refractivity contribution in [3.8, 4) is 0 Å². The van der Waals surface area contributed by atoms with E-state index in [2.05, 4.69) is 19.2 Å². The molecule has 0 aliphatic heterocycles. The van der Waals surface area contributed by atoms with Crippen molar-refractivity contribution >= 4 is 11.9 Å². The van der Waals surface area contributed by atoms with Gasteiger partial charge in [-0.15, -0.1) is 0 Å². The van der Waals surface area contributed by atoms with E-state index < -0.39 is 5.97 Å². The molecule has 1 aliphatic rings. The zero-order chi connectivity index (χ0) is 13.7. The van der Waals surface area contributed by atoms with Crippen molar-refractivity contribution in [2.75, 3.05) is 6.54 Å². The van der Waals surface area contributed by atoms with Crippen LogP contribution in [0, 0.1) is 23.7 Å². The van der Waals surface area contributed by atoms with Crippen molar-refractivity contribution in [2.24, 2.45) is 23.7 Å². The molecule has 18 heavy (non-hydrogen) atoms. The van der Waals surface area contributed by atoms with Gasteiger partial charge in [0.05, 0.1) is 0 Å². The Morgan fingerprint density at radius 3 is 2.33 bits per heavy atom. The van der Waals surface area contributed by atoms with Crippen molar-refractivity contribution in [1.82, 2.24) is 5.32 Å². The molecule has 0 spiro atoms. The summed E-state index contributed by atoms with van der Waals surface area (Å²) in [5.41, 5.74) is 0. The van der Waals surface area contributed by atoms with Gasteiger partial charge in [-0.3, -0.25) is 9.59 Å². The van der Waals surface area contributed by atoms with Crippen LogP contribution in [0.25, 0.3) is 0 Å². The fraction of sp³-hybridized carbons (Fsp3) is 0.857. The van der Waals surface area contributed by atoms with E-state index in [1.54, 1.807) is 0 Å². The van der Waals surface area contributed by atoms with E-state index in [0.717, 1.165) is 19.3 Å². The first kappa shape index (κ1) is 15.0. The van der Waals surface area contributed by atoms with Crippen LogP contribution in [-0.2, 0) is 9.59 Å². The highest BCUT2D eigenvalue weighted by atomic mass is 16.4. The van der Waals surface area contributed by atoms with Crippen LogP contribution in [0.2, 0.25) is 0 Å². The Morgan fingerprint density at radius 2 is 1.89 bits per heavy atom. The number of carbonyl (C=O) groups is 2. The van der Waals surface area contributed by atoms with Crippen molar-refractivity contribution in [3.63, 3.8) is 0 Å². The summed E-state index contributed by atoms with van der Waals surface area (Å²) in [7, 11) is 0. The molecule has 1 rings (SSSR count). The van der Waals surface area contributed by atoms with Gasteiger partial charge in [-0.1, -0.05) is 20.8 Å². The fourth-order valence-corrected chi connectivity index (χ4v) is 2.37. The summed E-state index contributed by atoms with van der Waals surface area (Å²) in [6.45, 7) is 6.59. The Labute approximate surface area is 109 Å². The summed E-state index contributed by atoms with van der Waals surface area (Å²) in [6.07, 6.45) is 3.28.